The number of nitrogens with one attached hydrogen (secondary N) is 1. The molecule has 0 aromatic heterocycles. The van der Waals surface area contributed by atoms with Crippen molar-refractivity contribution in [2.24, 2.45) is 11.8 Å². The van der Waals surface area contributed by atoms with E-state index in [9.17, 15) is 20.1 Å². The smallest absolute Gasteiger partial charge is 0.331 e. The number of aliphatic hydroxyl groups is 1. The number of hydrogen-bond donors (Lipinski definition) is 4. The highest BCUT2D eigenvalue weighted by molar-refractivity contribution is 6.30. The number of rotatable bonds is 6. The van der Waals surface area contributed by atoms with E-state index in [0.29, 0.717) is 17.9 Å². The topological polar surface area (TPSA) is 99.0 Å². The molecular weight excluding hydrogens is 442 g/mol. The number of ether oxygens (including phenoxy) is 1. The molecule has 7 heteroatoms. The summed E-state index contributed by atoms with van der Waals surface area (Å²) in [6.07, 6.45) is 4.15. The lowest BCUT2D eigenvalue weighted by Gasteiger charge is -2.47. The maximum absolute atomic E-state index is 13.0. The highest BCUT2D eigenvalue weighted by atomic mass is 35.5. The molecule has 0 aliphatic heterocycles. The summed E-state index contributed by atoms with van der Waals surface area (Å²) in [7, 11) is 1.41. The van der Waals surface area contributed by atoms with Crippen molar-refractivity contribution in [3.8, 4) is 11.5 Å². The summed E-state index contributed by atoms with van der Waals surface area (Å²) in [6, 6.07) is 10.7. The van der Waals surface area contributed by atoms with Gasteiger partial charge in [0.25, 0.3) is 0 Å². The van der Waals surface area contributed by atoms with Gasteiger partial charge in [0.2, 0.25) is 0 Å². The van der Waals surface area contributed by atoms with Crippen LogP contribution < -0.4 is 5.32 Å². The Morgan fingerprint density at radius 3 is 2.52 bits per heavy atom. The van der Waals surface area contributed by atoms with Crippen molar-refractivity contribution >= 4 is 23.3 Å². The standard InChI is InChI=1S/C26H32ClNO5/c1-16(15-29)10-18-11-17-12-22(30)23(31)14-21(17)25(18)6-8-26(9-7-25,24(32)33-2)28-20-5-3-4-19(27)13-20/h3-5,12-14,16,18,28-31H,6-11,15H2,1-2H3/t16-,18?,25?,26?/m1/s1. The molecule has 1 unspecified atom stereocenters. The number of anilines is 1. The second-order valence-corrected chi connectivity index (χ2v) is 10.2. The Bertz CT molecular complexity index is 1030. The van der Waals surface area contributed by atoms with Gasteiger partial charge < -0.3 is 25.4 Å². The number of esters is 1. The fourth-order valence-electron chi connectivity index (χ4n) is 6.02. The second-order valence-electron chi connectivity index (χ2n) is 9.79. The van der Waals surface area contributed by atoms with Crippen molar-refractivity contribution in [3.05, 3.63) is 52.5 Å². The quantitative estimate of drug-likeness (QED) is 0.356. The number of aliphatic hydroxyl groups excluding tert-OH is 1. The molecule has 2 aliphatic rings. The third-order valence-corrected chi connectivity index (χ3v) is 8.00. The van der Waals surface area contributed by atoms with Gasteiger partial charge in [-0.2, -0.15) is 0 Å². The zero-order valence-electron chi connectivity index (χ0n) is 19.1. The summed E-state index contributed by atoms with van der Waals surface area (Å²) >= 11 is 6.16. The van der Waals surface area contributed by atoms with E-state index in [1.165, 1.54) is 7.11 Å². The average molecular weight is 474 g/mol. The number of methoxy groups -OCH3 is 1. The second kappa shape index (κ2) is 9.07. The van der Waals surface area contributed by atoms with Gasteiger partial charge >= 0.3 is 5.97 Å². The monoisotopic (exact) mass is 473 g/mol. The summed E-state index contributed by atoms with van der Waals surface area (Å²) in [6.45, 7) is 2.15. The third kappa shape index (κ3) is 4.26. The molecule has 0 heterocycles. The minimum atomic E-state index is -0.875. The van der Waals surface area contributed by atoms with Crippen LogP contribution in [-0.4, -0.2) is 40.5 Å². The van der Waals surface area contributed by atoms with Gasteiger partial charge in [-0.1, -0.05) is 24.6 Å². The third-order valence-electron chi connectivity index (χ3n) is 7.76. The molecule has 4 rings (SSSR count). The molecule has 178 valence electrons. The number of carbonyl (C=O) groups excluding carboxylic acids is 1. The maximum atomic E-state index is 13.0. The van der Waals surface area contributed by atoms with Crippen LogP contribution in [0, 0.1) is 11.8 Å². The fraction of sp³-hybridized carbons (Fsp3) is 0.500. The summed E-state index contributed by atoms with van der Waals surface area (Å²) in [4.78, 5) is 13.0. The molecule has 0 amide bonds. The zero-order chi connectivity index (χ0) is 23.8. The predicted molar refractivity (Wildman–Crippen MR) is 128 cm³/mol. The van der Waals surface area contributed by atoms with Crippen molar-refractivity contribution in [2.45, 2.75) is 56.4 Å². The van der Waals surface area contributed by atoms with Crippen LogP contribution in [0.5, 0.6) is 11.5 Å². The Kier molecular flexibility index (Phi) is 6.52. The fourth-order valence-corrected chi connectivity index (χ4v) is 6.21. The van der Waals surface area contributed by atoms with Crippen molar-refractivity contribution in [1.82, 2.24) is 0 Å². The van der Waals surface area contributed by atoms with Crippen LogP contribution in [0.2, 0.25) is 5.02 Å². The highest BCUT2D eigenvalue weighted by Gasteiger charge is 2.54. The molecule has 0 bridgehead atoms. The summed E-state index contributed by atoms with van der Waals surface area (Å²) in [5.74, 6) is -0.143. The van der Waals surface area contributed by atoms with E-state index in [2.05, 4.69) is 5.32 Å². The van der Waals surface area contributed by atoms with Gasteiger partial charge in [0.1, 0.15) is 5.54 Å². The molecule has 6 nitrogen and oxygen atoms in total. The van der Waals surface area contributed by atoms with Gasteiger partial charge in [-0.05, 0) is 97.2 Å². The Hall–Kier alpha value is -2.44. The lowest BCUT2D eigenvalue weighted by molar-refractivity contribution is -0.148. The first kappa shape index (κ1) is 23.7. The molecule has 0 saturated heterocycles. The molecule has 4 N–H and O–H groups in total. The first-order chi connectivity index (χ1) is 15.7. The summed E-state index contributed by atoms with van der Waals surface area (Å²) in [5, 5.41) is 34.1. The molecule has 1 saturated carbocycles. The first-order valence-corrected chi connectivity index (χ1v) is 11.9. The van der Waals surface area contributed by atoms with Gasteiger partial charge in [0, 0.05) is 17.3 Å². The molecule has 2 aliphatic carbocycles. The van der Waals surface area contributed by atoms with Gasteiger partial charge in [-0.3, -0.25) is 0 Å². The average Bonchev–Trinajstić information content (AvgIpc) is 3.07. The van der Waals surface area contributed by atoms with E-state index in [1.807, 2.05) is 19.1 Å². The number of carbonyl (C=O) groups is 1. The minimum absolute atomic E-state index is 0.109. The van der Waals surface area contributed by atoms with Crippen LogP contribution in [0.25, 0.3) is 0 Å². The van der Waals surface area contributed by atoms with Crippen LogP contribution in [0.3, 0.4) is 0 Å². The number of fused-ring (bicyclic) bond motifs is 2. The molecule has 0 radical (unpaired) electrons. The molecule has 1 spiro atoms. The number of phenolic OH excluding ortho intramolecular Hbond substituents is 2. The van der Waals surface area contributed by atoms with E-state index in [4.69, 9.17) is 16.3 Å². The zero-order valence-corrected chi connectivity index (χ0v) is 19.9. The molecule has 2 aromatic carbocycles. The highest BCUT2D eigenvalue weighted by Crippen LogP contribution is 2.57. The molecular formula is C26H32ClNO5. The van der Waals surface area contributed by atoms with E-state index in [0.717, 1.165) is 42.5 Å². The lowest BCUT2D eigenvalue weighted by atomic mass is 9.59. The van der Waals surface area contributed by atoms with E-state index < -0.39 is 5.54 Å². The van der Waals surface area contributed by atoms with E-state index >= 15 is 0 Å². The van der Waals surface area contributed by atoms with Crippen LogP contribution in [0.15, 0.2) is 36.4 Å². The van der Waals surface area contributed by atoms with Gasteiger partial charge in [-0.15, -0.1) is 0 Å². The number of hydrogen-bond acceptors (Lipinski definition) is 6. The van der Waals surface area contributed by atoms with E-state index in [-0.39, 0.29) is 41.3 Å². The summed E-state index contributed by atoms with van der Waals surface area (Å²) in [5.41, 5.74) is 1.74. The molecule has 2 aromatic rings. The minimum Gasteiger partial charge on any atom is -0.504 e. The van der Waals surface area contributed by atoms with Gasteiger partial charge in [0.05, 0.1) is 7.11 Å². The Morgan fingerprint density at radius 2 is 1.88 bits per heavy atom. The van der Waals surface area contributed by atoms with Crippen LogP contribution in [-0.2, 0) is 21.4 Å². The van der Waals surface area contributed by atoms with Crippen molar-refractivity contribution in [2.75, 3.05) is 19.0 Å². The lowest BCUT2D eigenvalue weighted by Crippen LogP contribution is -2.53. The van der Waals surface area contributed by atoms with Crippen molar-refractivity contribution in [1.29, 1.82) is 0 Å². The van der Waals surface area contributed by atoms with Gasteiger partial charge in [0.15, 0.2) is 11.5 Å². The largest absolute Gasteiger partial charge is 0.504 e. The van der Waals surface area contributed by atoms with Crippen molar-refractivity contribution < 1.29 is 24.9 Å². The Morgan fingerprint density at radius 1 is 1.18 bits per heavy atom. The SMILES string of the molecule is COC(=O)C1(Nc2cccc(Cl)c2)CCC2(CC1)c1cc(O)c(O)cc1CC2C[C@@H](C)CO. The Balaban J connectivity index is 1.68. The maximum Gasteiger partial charge on any atom is 0.331 e. The molecule has 33 heavy (non-hydrogen) atoms. The predicted octanol–water partition coefficient (Wildman–Crippen LogP) is 4.78. The first-order valence-electron chi connectivity index (χ1n) is 11.5. The van der Waals surface area contributed by atoms with Crippen LogP contribution in [0.4, 0.5) is 5.69 Å². The van der Waals surface area contributed by atoms with Crippen molar-refractivity contribution in [3.63, 3.8) is 0 Å². The van der Waals surface area contributed by atoms with E-state index in [1.54, 1.807) is 24.3 Å². The van der Waals surface area contributed by atoms with Crippen LogP contribution >= 0.6 is 11.6 Å². The number of halogens is 1. The number of aromatic hydroxyl groups is 2. The molecule has 1 fully saturated rings. The number of benzene rings is 2. The molecule has 2 atom stereocenters. The number of phenols is 2. The summed E-state index contributed by atoms with van der Waals surface area (Å²) < 4.78 is 5.22. The Labute approximate surface area is 199 Å². The van der Waals surface area contributed by atoms with Gasteiger partial charge in [-0.25, -0.2) is 4.79 Å². The van der Waals surface area contributed by atoms with Crippen LogP contribution in [0.1, 0.15) is 50.2 Å². The normalized spacial score (nSPS) is 27.2.